The summed E-state index contributed by atoms with van der Waals surface area (Å²) in [6, 6.07) is 2.90. The highest BCUT2D eigenvalue weighted by atomic mass is 19.1. The van der Waals surface area contributed by atoms with Crippen LogP contribution in [0.2, 0.25) is 0 Å². The summed E-state index contributed by atoms with van der Waals surface area (Å²) in [7, 11) is 0. The number of hydrogen-bond donors (Lipinski definition) is 1. The summed E-state index contributed by atoms with van der Waals surface area (Å²) in [5.74, 6) is -0.703. The summed E-state index contributed by atoms with van der Waals surface area (Å²) in [6.45, 7) is 2.83. The SMILES string of the molecule is O=C(O)CN1C[C@H]2COC[C@@H]1CN(c1ncccc1F)C2. The molecule has 2 aliphatic heterocycles. The second kappa shape index (κ2) is 5.95. The van der Waals surface area contributed by atoms with Gasteiger partial charge >= 0.3 is 5.97 Å². The molecule has 2 fully saturated rings. The van der Waals surface area contributed by atoms with Gasteiger partial charge in [-0.3, -0.25) is 9.69 Å². The molecule has 2 atom stereocenters. The second-order valence-electron chi connectivity index (χ2n) is 5.59. The van der Waals surface area contributed by atoms with E-state index in [0.717, 1.165) is 0 Å². The number of fused-ring (bicyclic) bond motifs is 3. The molecule has 2 aliphatic rings. The van der Waals surface area contributed by atoms with E-state index in [0.29, 0.717) is 38.7 Å². The van der Waals surface area contributed by atoms with E-state index >= 15 is 0 Å². The lowest BCUT2D eigenvalue weighted by atomic mass is 10.1. The minimum Gasteiger partial charge on any atom is -0.480 e. The minimum absolute atomic E-state index is 0.0108. The Morgan fingerprint density at radius 2 is 2.29 bits per heavy atom. The number of nitrogens with zero attached hydrogens (tertiary/aromatic N) is 3. The van der Waals surface area contributed by atoms with Crippen LogP contribution in [0.4, 0.5) is 10.2 Å². The predicted molar refractivity (Wildman–Crippen MR) is 73.7 cm³/mol. The van der Waals surface area contributed by atoms with Gasteiger partial charge < -0.3 is 14.7 Å². The van der Waals surface area contributed by atoms with Crippen LogP contribution in [-0.2, 0) is 9.53 Å². The molecule has 2 bridgehead atoms. The van der Waals surface area contributed by atoms with Crippen LogP contribution in [0.15, 0.2) is 18.3 Å². The topological polar surface area (TPSA) is 65.9 Å². The molecule has 0 amide bonds. The number of ether oxygens (including phenoxy) is 1. The Morgan fingerprint density at radius 3 is 3.05 bits per heavy atom. The van der Waals surface area contributed by atoms with Crippen molar-refractivity contribution in [3.05, 3.63) is 24.1 Å². The van der Waals surface area contributed by atoms with Crippen molar-refractivity contribution in [2.45, 2.75) is 6.04 Å². The average molecular weight is 295 g/mol. The largest absolute Gasteiger partial charge is 0.480 e. The Morgan fingerprint density at radius 1 is 1.43 bits per heavy atom. The molecule has 3 rings (SSSR count). The molecule has 0 unspecified atom stereocenters. The van der Waals surface area contributed by atoms with E-state index in [1.54, 1.807) is 12.3 Å². The first-order chi connectivity index (χ1) is 10.1. The molecule has 3 heterocycles. The number of aliphatic carboxylic acids is 1. The van der Waals surface area contributed by atoms with E-state index in [-0.39, 0.29) is 24.3 Å². The highest BCUT2D eigenvalue weighted by molar-refractivity contribution is 5.69. The molecule has 114 valence electrons. The Bertz CT molecular complexity index is 528. The third-order valence-electron chi connectivity index (χ3n) is 3.96. The van der Waals surface area contributed by atoms with Gasteiger partial charge in [0.2, 0.25) is 0 Å². The van der Waals surface area contributed by atoms with Crippen LogP contribution in [0.25, 0.3) is 0 Å². The van der Waals surface area contributed by atoms with E-state index in [1.165, 1.54) is 6.07 Å². The van der Waals surface area contributed by atoms with Crippen LogP contribution in [0.5, 0.6) is 0 Å². The quantitative estimate of drug-likeness (QED) is 0.873. The molecule has 0 aliphatic carbocycles. The summed E-state index contributed by atoms with van der Waals surface area (Å²) >= 11 is 0. The van der Waals surface area contributed by atoms with Gasteiger partial charge in [-0.05, 0) is 12.1 Å². The zero-order chi connectivity index (χ0) is 14.8. The molecule has 0 aromatic carbocycles. The summed E-state index contributed by atoms with van der Waals surface area (Å²) in [6.07, 6.45) is 1.57. The molecule has 0 spiro atoms. The molecule has 0 radical (unpaired) electrons. The fourth-order valence-corrected chi connectivity index (χ4v) is 3.08. The van der Waals surface area contributed by atoms with Gasteiger partial charge in [0.15, 0.2) is 11.6 Å². The summed E-state index contributed by atoms with van der Waals surface area (Å²) < 4.78 is 19.6. The molecular formula is C14H18FN3O3. The zero-order valence-corrected chi connectivity index (χ0v) is 11.6. The fourth-order valence-electron chi connectivity index (χ4n) is 3.08. The van der Waals surface area contributed by atoms with Gasteiger partial charge in [0, 0.05) is 31.7 Å². The highest BCUT2D eigenvalue weighted by Crippen LogP contribution is 2.24. The van der Waals surface area contributed by atoms with Crippen LogP contribution >= 0.6 is 0 Å². The molecule has 7 heteroatoms. The molecule has 21 heavy (non-hydrogen) atoms. The average Bonchev–Trinajstić information content (AvgIpc) is 2.68. The Hall–Kier alpha value is -1.73. The van der Waals surface area contributed by atoms with Crippen LogP contribution in [0.3, 0.4) is 0 Å². The van der Waals surface area contributed by atoms with E-state index in [2.05, 4.69) is 4.98 Å². The van der Waals surface area contributed by atoms with E-state index in [1.807, 2.05) is 9.80 Å². The number of halogens is 1. The van der Waals surface area contributed by atoms with Crippen molar-refractivity contribution < 1.29 is 19.0 Å². The van der Waals surface area contributed by atoms with Crippen LogP contribution in [0, 0.1) is 11.7 Å². The maximum absolute atomic E-state index is 13.9. The number of rotatable bonds is 3. The molecule has 1 N–H and O–H groups in total. The summed E-state index contributed by atoms with van der Waals surface area (Å²) in [4.78, 5) is 19.0. The van der Waals surface area contributed by atoms with E-state index < -0.39 is 5.97 Å². The Balaban J connectivity index is 1.84. The first-order valence-corrected chi connectivity index (χ1v) is 7.02. The number of anilines is 1. The van der Waals surface area contributed by atoms with Gasteiger partial charge in [0.25, 0.3) is 0 Å². The maximum Gasteiger partial charge on any atom is 0.317 e. The molecule has 2 saturated heterocycles. The number of carboxylic acid groups (broad SMARTS) is 1. The van der Waals surface area contributed by atoms with Gasteiger partial charge in [-0.1, -0.05) is 0 Å². The monoisotopic (exact) mass is 295 g/mol. The summed E-state index contributed by atoms with van der Waals surface area (Å²) in [5.41, 5.74) is 0. The van der Waals surface area contributed by atoms with Gasteiger partial charge in [-0.15, -0.1) is 0 Å². The van der Waals surface area contributed by atoms with Crippen LogP contribution in [0.1, 0.15) is 0 Å². The van der Waals surface area contributed by atoms with Gasteiger partial charge in [0.05, 0.1) is 25.8 Å². The molecule has 0 saturated carbocycles. The second-order valence-corrected chi connectivity index (χ2v) is 5.59. The molecular weight excluding hydrogens is 277 g/mol. The lowest BCUT2D eigenvalue weighted by Crippen LogP contribution is -2.46. The minimum atomic E-state index is -0.849. The van der Waals surface area contributed by atoms with Gasteiger partial charge in [-0.25, -0.2) is 9.37 Å². The summed E-state index contributed by atoms with van der Waals surface area (Å²) in [5, 5.41) is 9.04. The third kappa shape index (κ3) is 3.14. The fraction of sp³-hybridized carbons (Fsp3) is 0.571. The zero-order valence-electron chi connectivity index (χ0n) is 11.6. The van der Waals surface area contributed by atoms with Crippen molar-refractivity contribution in [3.63, 3.8) is 0 Å². The van der Waals surface area contributed by atoms with Crippen LogP contribution in [-0.4, -0.2) is 66.4 Å². The molecule has 1 aromatic rings. The molecule has 6 nitrogen and oxygen atoms in total. The number of carbonyl (C=O) groups is 1. The van der Waals surface area contributed by atoms with Crippen molar-refractivity contribution in [2.75, 3.05) is 44.3 Å². The number of hydrogen-bond acceptors (Lipinski definition) is 5. The number of pyridine rings is 1. The Labute approximate surface area is 122 Å². The van der Waals surface area contributed by atoms with Crippen molar-refractivity contribution in [2.24, 2.45) is 5.92 Å². The smallest absolute Gasteiger partial charge is 0.317 e. The standard InChI is InChI=1S/C14H18FN3O3/c15-12-2-1-3-16-14(12)18-5-10-4-17(7-13(19)20)11(6-18)9-21-8-10/h1-3,10-11H,4-9H2,(H,19,20)/t10-,11+/m1/s1. The number of carboxylic acids is 1. The van der Waals surface area contributed by atoms with Crippen molar-refractivity contribution in [1.82, 2.24) is 9.88 Å². The van der Waals surface area contributed by atoms with Crippen molar-refractivity contribution in [3.8, 4) is 0 Å². The maximum atomic E-state index is 13.9. The first kappa shape index (κ1) is 14.2. The van der Waals surface area contributed by atoms with Gasteiger partial charge in [0.1, 0.15) is 0 Å². The van der Waals surface area contributed by atoms with Crippen molar-refractivity contribution >= 4 is 11.8 Å². The van der Waals surface area contributed by atoms with E-state index in [4.69, 9.17) is 9.84 Å². The van der Waals surface area contributed by atoms with E-state index in [9.17, 15) is 9.18 Å². The predicted octanol–water partition coefficient (Wildman–Crippen LogP) is 0.442. The first-order valence-electron chi connectivity index (χ1n) is 7.02. The highest BCUT2D eigenvalue weighted by Gasteiger charge is 2.35. The third-order valence-corrected chi connectivity index (χ3v) is 3.96. The lowest BCUT2D eigenvalue weighted by Gasteiger charge is -2.31. The van der Waals surface area contributed by atoms with Crippen molar-refractivity contribution in [1.29, 1.82) is 0 Å². The lowest BCUT2D eigenvalue weighted by molar-refractivity contribution is -0.138. The van der Waals surface area contributed by atoms with Gasteiger partial charge in [-0.2, -0.15) is 0 Å². The van der Waals surface area contributed by atoms with Crippen LogP contribution < -0.4 is 4.90 Å². The Kier molecular flexibility index (Phi) is 4.03. The number of aromatic nitrogens is 1. The normalized spacial score (nSPS) is 26.4. The molecule has 1 aromatic heterocycles.